The monoisotopic (exact) mass is 192 g/mol. The van der Waals surface area contributed by atoms with Gasteiger partial charge >= 0.3 is 5.97 Å². The minimum atomic E-state index is -0.330. The van der Waals surface area contributed by atoms with E-state index < -0.39 is 0 Å². The molecule has 0 N–H and O–H groups in total. The number of carbonyl (C=O) groups excluding carboxylic acids is 1. The van der Waals surface area contributed by atoms with Crippen LogP contribution in [0.3, 0.4) is 0 Å². The Morgan fingerprint density at radius 3 is 2.31 bits per heavy atom. The maximum atomic E-state index is 11.2. The van der Waals surface area contributed by atoms with Crippen LogP contribution in [0.1, 0.15) is 27.0 Å². The van der Waals surface area contributed by atoms with Crippen LogP contribution in [0.4, 0.5) is 0 Å². The summed E-state index contributed by atoms with van der Waals surface area (Å²) in [6, 6.07) is 3.73. The van der Waals surface area contributed by atoms with Gasteiger partial charge in [0.05, 0.1) is 5.56 Å². The van der Waals surface area contributed by atoms with E-state index in [0.717, 1.165) is 16.7 Å². The molecular formula is C10H8O2S. The lowest BCUT2D eigenvalue weighted by Gasteiger charge is -2.00. The van der Waals surface area contributed by atoms with Crippen molar-refractivity contribution in [1.82, 2.24) is 0 Å². The Bertz CT molecular complexity index is 382. The van der Waals surface area contributed by atoms with Crippen LogP contribution in [0.25, 0.3) is 0 Å². The lowest BCUT2D eigenvalue weighted by atomic mass is 10.0. The fraction of sp³-hybridized carbons (Fsp3) is 0.200. The molecule has 2 nitrogen and oxygen atoms in total. The van der Waals surface area contributed by atoms with Crippen LogP contribution in [0.15, 0.2) is 12.1 Å². The summed E-state index contributed by atoms with van der Waals surface area (Å²) in [4.78, 5) is 11.2. The highest BCUT2D eigenvalue weighted by atomic mass is 32.1. The fourth-order valence-electron chi connectivity index (χ4n) is 1.35. The molecule has 0 radical (unpaired) electrons. The van der Waals surface area contributed by atoms with Crippen LogP contribution in [0.5, 0.6) is 0 Å². The van der Waals surface area contributed by atoms with Gasteiger partial charge in [0.2, 0.25) is 5.05 Å². The Hall–Kier alpha value is -1.22. The molecule has 0 spiro atoms. The van der Waals surface area contributed by atoms with Crippen molar-refractivity contribution in [2.24, 2.45) is 0 Å². The Balaban J connectivity index is 2.72. The van der Waals surface area contributed by atoms with Gasteiger partial charge in [0.15, 0.2) is 0 Å². The van der Waals surface area contributed by atoms with Crippen LogP contribution in [0, 0.1) is 13.8 Å². The topological polar surface area (TPSA) is 26.3 Å². The standard InChI is InChI=1S/C10H8O2S/c1-5-3-7-8(4-6(5)2)10(13)12-9(7)11/h3-4H,1-2H3. The number of rotatable bonds is 0. The number of fused-ring (bicyclic) bond motifs is 1. The number of hydrogen-bond acceptors (Lipinski definition) is 3. The third-order valence-electron chi connectivity index (χ3n) is 2.26. The molecule has 0 saturated carbocycles. The Labute approximate surface area is 81.5 Å². The summed E-state index contributed by atoms with van der Waals surface area (Å²) < 4.78 is 4.83. The zero-order valence-electron chi connectivity index (χ0n) is 7.38. The molecule has 1 aromatic rings. The van der Waals surface area contributed by atoms with Crippen molar-refractivity contribution in [3.63, 3.8) is 0 Å². The van der Waals surface area contributed by atoms with Crippen molar-refractivity contribution in [3.05, 3.63) is 34.4 Å². The van der Waals surface area contributed by atoms with Gasteiger partial charge in [0, 0.05) is 5.56 Å². The molecule has 0 aromatic heterocycles. The summed E-state index contributed by atoms with van der Waals surface area (Å²) in [5, 5.41) is 0.295. The number of thiocarbonyl (C=S) groups is 1. The van der Waals surface area contributed by atoms with Gasteiger partial charge in [-0.25, -0.2) is 4.79 Å². The predicted octanol–water partition coefficient (Wildman–Crippen LogP) is 2.15. The minimum Gasteiger partial charge on any atom is -0.410 e. The molecule has 1 aliphatic rings. The fourth-order valence-corrected chi connectivity index (χ4v) is 1.59. The van der Waals surface area contributed by atoms with Gasteiger partial charge in [-0.2, -0.15) is 0 Å². The van der Waals surface area contributed by atoms with E-state index >= 15 is 0 Å². The number of esters is 1. The summed E-state index contributed by atoms with van der Waals surface area (Å²) in [6.45, 7) is 3.95. The second-order valence-electron chi connectivity index (χ2n) is 3.16. The van der Waals surface area contributed by atoms with Crippen LogP contribution in [0.2, 0.25) is 0 Å². The molecule has 0 fully saturated rings. The SMILES string of the molecule is Cc1cc2c(cc1C)C(=S)OC2=O. The zero-order valence-corrected chi connectivity index (χ0v) is 8.20. The summed E-state index contributed by atoms with van der Waals surface area (Å²) in [6.07, 6.45) is 0. The zero-order chi connectivity index (χ0) is 9.59. The van der Waals surface area contributed by atoms with Crippen molar-refractivity contribution in [3.8, 4) is 0 Å². The molecule has 0 atom stereocenters. The molecule has 0 unspecified atom stereocenters. The lowest BCUT2D eigenvalue weighted by Crippen LogP contribution is -1.95. The van der Waals surface area contributed by atoms with Crippen LogP contribution >= 0.6 is 12.2 Å². The summed E-state index contributed by atoms with van der Waals surface area (Å²) in [5.74, 6) is -0.330. The largest absolute Gasteiger partial charge is 0.410 e. The normalized spacial score (nSPS) is 14.3. The second-order valence-corrected chi connectivity index (χ2v) is 3.53. The molecule has 66 valence electrons. The van der Waals surface area contributed by atoms with Crippen molar-refractivity contribution >= 4 is 23.2 Å². The van der Waals surface area contributed by atoms with Crippen molar-refractivity contribution < 1.29 is 9.53 Å². The molecule has 13 heavy (non-hydrogen) atoms. The van der Waals surface area contributed by atoms with E-state index in [4.69, 9.17) is 17.0 Å². The summed E-state index contributed by atoms with van der Waals surface area (Å²) >= 11 is 4.91. The van der Waals surface area contributed by atoms with Gasteiger partial charge in [-0.1, -0.05) is 0 Å². The van der Waals surface area contributed by atoms with Gasteiger partial charge in [-0.15, -0.1) is 0 Å². The summed E-state index contributed by atoms with van der Waals surface area (Å²) in [7, 11) is 0. The number of ether oxygens (including phenoxy) is 1. The van der Waals surface area contributed by atoms with Gasteiger partial charge in [0.25, 0.3) is 0 Å². The number of benzene rings is 1. The first-order chi connectivity index (χ1) is 6.09. The maximum Gasteiger partial charge on any atom is 0.345 e. The smallest absolute Gasteiger partial charge is 0.345 e. The first-order valence-corrected chi connectivity index (χ1v) is 4.38. The van der Waals surface area contributed by atoms with E-state index in [1.807, 2.05) is 26.0 Å². The van der Waals surface area contributed by atoms with E-state index in [9.17, 15) is 4.79 Å². The molecule has 1 aliphatic heterocycles. The number of aryl methyl sites for hydroxylation is 2. The van der Waals surface area contributed by atoms with Gasteiger partial charge in [-0.3, -0.25) is 0 Å². The molecule has 1 heterocycles. The number of cyclic esters (lactones) is 1. The summed E-state index contributed by atoms with van der Waals surface area (Å²) in [5.41, 5.74) is 3.55. The lowest BCUT2D eigenvalue weighted by molar-refractivity contribution is 0.0741. The quantitative estimate of drug-likeness (QED) is 0.465. The van der Waals surface area contributed by atoms with E-state index in [2.05, 4.69) is 0 Å². The number of carbonyl (C=O) groups is 1. The van der Waals surface area contributed by atoms with Gasteiger partial charge in [0.1, 0.15) is 0 Å². The van der Waals surface area contributed by atoms with Crippen molar-refractivity contribution in [2.45, 2.75) is 13.8 Å². The predicted molar refractivity (Wildman–Crippen MR) is 53.0 cm³/mol. The first kappa shape index (κ1) is 8.38. The Kier molecular flexibility index (Phi) is 1.70. The third kappa shape index (κ3) is 1.16. The highest BCUT2D eigenvalue weighted by molar-refractivity contribution is 7.80. The third-order valence-corrected chi connectivity index (χ3v) is 2.56. The Morgan fingerprint density at radius 2 is 1.69 bits per heavy atom. The molecule has 0 saturated heterocycles. The first-order valence-electron chi connectivity index (χ1n) is 3.97. The van der Waals surface area contributed by atoms with Crippen LogP contribution in [-0.2, 0) is 4.74 Å². The molecule has 2 rings (SSSR count). The molecule has 0 aliphatic carbocycles. The molecule has 3 heteroatoms. The van der Waals surface area contributed by atoms with E-state index in [1.165, 1.54) is 0 Å². The van der Waals surface area contributed by atoms with E-state index in [-0.39, 0.29) is 5.97 Å². The minimum absolute atomic E-state index is 0.295. The highest BCUT2D eigenvalue weighted by Crippen LogP contribution is 2.23. The Morgan fingerprint density at radius 1 is 1.15 bits per heavy atom. The maximum absolute atomic E-state index is 11.2. The molecular weight excluding hydrogens is 184 g/mol. The van der Waals surface area contributed by atoms with Crippen LogP contribution < -0.4 is 0 Å². The number of hydrogen-bond donors (Lipinski definition) is 0. The van der Waals surface area contributed by atoms with Gasteiger partial charge in [-0.05, 0) is 49.3 Å². The van der Waals surface area contributed by atoms with Gasteiger partial charge < -0.3 is 4.74 Å². The van der Waals surface area contributed by atoms with E-state index in [0.29, 0.717) is 10.6 Å². The molecule has 0 bridgehead atoms. The molecule has 1 aromatic carbocycles. The highest BCUT2D eigenvalue weighted by Gasteiger charge is 2.26. The van der Waals surface area contributed by atoms with E-state index in [1.54, 1.807) is 0 Å². The average molecular weight is 192 g/mol. The average Bonchev–Trinajstić information content (AvgIpc) is 2.31. The van der Waals surface area contributed by atoms with Crippen LogP contribution in [-0.4, -0.2) is 11.0 Å². The second kappa shape index (κ2) is 2.64. The van der Waals surface area contributed by atoms with Crippen molar-refractivity contribution in [1.29, 1.82) is 0 Å². The van der Waals surface area contributed by atoms with Crippen molar-refractivity contribution in [2.75, 3.05) is 0 Å². The molecule has 0 amide bonds.